The Bertz CT molecular complexity index is 604. The molecule has 0 aromatic heterocycles. The average Bonchev–Trinajstić information content (AvgIpc) is 2.31. The van der Waals surface area contributed by atoms with Crippen LogP contribution < -0.4 is 0 Å². The first-order chi connectivity index (χ1) is 8.24. The fraction of sp³-hybridized carbons (Fsp3) is 0. The van der Waals surface area contributed by atoms with Crippen LogP contribution in [0.25, 0.3) is 21.6 Å². The Morgan fingerprint density at radius 1 is 0.941 bits per heavy atom. The molecule has 0 saturated heterocycles. The Kier molecular flexibility index (Phi) is 3.84. The molecule has 0 saturated carbocycles. The van der Waals surface area contributed by atoms with Crippen LogP contribution in [0.1, 0.15) is 0 Å². The van der Waals surface area contributed by atoms with E-state index < -0.39 is 0 Å². The summed E-state index contributed by atoms with van der Waals surface area (Å²) in [5, 5.41) is 3.71. The Morgan fingerprint density at radius 2 is 1.65 bits per heavy atom. The molecule has 84 valence electrons. The minimum absolute atomic E-state index is 0.605. The first kappa shape index (κ1) is 12.2. The highest BCUT2D eigenvalue weighted by molar-refractivity contribution is 9.11. The molecule has 0 amide bonds. The van der Waals surface area contributed by atoms with Crippen molar-refractivity contribution in [1.82, 2.24) is 0 Å². The number of benzene rings is 2. The number of nitrogens with zero attached hydrogens (tertiary/aromatic N) is 3. The number of hydrogen-bond acceptors (Lipinski definition) is 1. The van der Waals surface area contributed by atoms with Crippen LogP contribution in [0.2, 0.25) is 0 Å². The smallest absolute Gasteiger partial charge is 0.0465 e. The quantitative estimate of drug-likeness (QED) is 0.371. The third kappa shape index (κ3) is 2.52. The van der Waals surface area contributed by atoms with Gasteiger partial charge in [-0.15, -0.1) is 0 Å². The Labute approximate surface area is 115 Å². The second-order valence-electron chi connectivity index (χ2n) is 3.30. The average molecular weight is 353 g/mol. The lowest BCUT2D eigenvalue weighted by Gasteiger charge is -2.09. The van der Waals surface area contributed by atoms with E-state index in [0.717, 1.165) is 20.1 Å². The zero-order valence-corrected chi connectivity index (χ0v) is 11.8. The fourth-order valence-corrected chi connectivity index (χ4v) is 2.63. The topological polar surface area (TPSA) is 48.8 Å². The zero-order valence-electron chi connectivity index (χ0n) is 8.64. The molecule has 5 heteroatoms. The molecule has 3 nitrogen and oxygen atoms in total. The van der Waals surface area contributed by atoms with Gasteiger partial charge in [0.15, 0.2) is 0 Å². The van der Waals surface area contributed by atoms with Crippen molar-refractivity contribution < 1.29 is 0 Å². The van der Waals surface area contributed by atoms with E-state index in [1.807, 2.05) is 36.4 Å². The standard InChI is InChI=1S/C12H7Br2N3/c13-9-5-2-1-4-8(9)12-10(14)6-3-7-11(12)16-17-15/h1-7H. The van der Waals surface area contributed by atoms with Gasteiger partial charge in [-0.3, -0.25) is 0 Å². The van der Waals surface area contributed by atoms with E-state index in [4.69, 9.17) is 5.53 Å². The molecule has 0 unspecified atom stereocenters. The van der Waals surface area contributed by atoms with Gasteiger partial charge < -0.3 is 0 Å². The summed E-state index contributed by atoms with van der Waals surface area (Å²) in [4.78, 5) is 2.85. The molecule has 0 spiro atoms. The molecule has 0 aliphatic heterocycles. The molecule has 17 heavy (non-hydrogen) atoms. The Morgan fingerprint density at radius 3 is 2.35 bits per heavy atom. The van der Waals surface area contributed by atoms with E-state index in [2.05, 4.69) is 41.9 Å². The zero-order chi connectivity index (χ0) is 12.3. The summed E-state index contributed by atoms with van der Waals surface area (Å²) in [7, 11) is 0. The van der Waals surface area contributed by atoms with Crippen molar-refractivity contribution in [2.45, 2.75) is 0 Å². The third-order valence-corrected chi connectivity index (χ3v) is 3.64. The van der Waals surface area contributed by atoms with Gasteiger partial charge in [-0.05, 0) is 23.2 Å². The van der Waals surface area contributed by atoms with Crippen LogP contribution in [0.3, 0.4) is 0 Å². The maximum atomic E-state index is 8.58. The molecule has 0 aliphatic rings. The lowest BCUT2D eigenvalue weighted by atomic mass is 10.0. The molecule has 0 atom stereocenters. The lowest BCUT2D eigenvalue weighted by molar-refractivity contribution is 1.44. The largest absolute Gasteiger partial charge is 0.0616 e. The molecule has 0 radical (unpaired) electrons. The normalized spacial score (nSPS) is 9.76. The molecule has 0 N–H and O–H groups in total. The fourth-order valence-electron chi connectivity index (χ4n) is 1.57. The third-order valence-electron chi connectivity index (χ3n) is 2.29. The van der Waals surface area contributed by atoms with Crippen LogP contribution in [0, 0.1) is 0 Å². The van der Waals surface area contributed by atoms with Crippen molar-refractivity contribution in [3.05, 3.63) is 61.9 Å². The van der Waals surface area contributed by atoms with Gasteiger partial charge in [0.05, 0.1) is 0 Å². The molecule has 2 aromatic rings. The first-order valence-corrected chi connectivity index (χ1v) is 6.41. The van der Waals surface area contributed by atoms with E-state index >= 15 is 0 Å². The number of halogens is 2. The van der Waals surface area contributed by atoms with E-state index in [1.165, 1.54) is 0 Å². The summed E-state index contributed by atoms with van der Waals surface area (Å²) in [5.41, 5.74) is 11.1. The second-order valence-corrected chi connectivity index (χ2v) is 5.01. The van der Waals surface area contributed by atoms with Gasteiger partial charge in [-0.1, -0.05) is 67.3 Å². The van der Waals surface area contributed by atoms with Gasteiger partial charge in [0.1, 0.15) is 0 Å². The summed E-state index contributed by atoms with van der Waals surface area (Å²) in [6.45, 7) is 0. The van der Waals surface area contributed by atoms with Crippen molar-refractivity contribution in [1.29, 1.82) is 0 Å². The van der Waals surface area contributed by atoms with Crippen LogP contribution in [-0.4, -0.2) is 0 Å². The molecule has 0 aliphatic carbocycles. The van der Waals surface area contributed by atoms with E-state index in [9.17, 15) is 0 Å². The lowest BCUT2D eigenvalue weighted by Crippen LogP contribution is -1.82. The van der Waals surface area contributed by atoms with Gasteiger partial charge in [-0.2, -0.15) is 0 Å². The van der Waals surface area contributed by atoms with Crippen LogP contribution in [-0.2, 0) is 0 Å². The van der Waals surface area contributed by atoms with Crippen molar-refractivity contribution in [3.8, 4) is 11.1 Å². The van der Waals surface area contributed by atoms with Crippen molar-refractivity contribution in [2.75, 3.05) is 0 Å². The van der Waals surface area contributed by atoms with Crippen LogP contribution in [0.15, 0.2) is 56.5 Å². The molecule has 2 rings (SSSR count). The van der Waals surface area contributed by atoms with Gasteiger partial charge in [0.25, 0.3) is 0 Å². The molecule has 2 aromatic carbocycles. The van der Waals surface area contributed by atoms with E-state index in [0.29, 0.717) is 5.69 Å². The monoisotopic (exact) mass is 351 g/mol. The SMILES string of the molecule is [N-]=[N+]=Nc1cccc(Br)c1-c1ccccc1Br. The predicted molar refractivity (Wildman–Crippen MR) is 76.1 cm³/mol. The number of rotatable bonds is 2. The van der Waals surface area contributed by atoms with Crippen LogP contribution >= 0.6 is 31.9 Å². The second kappa shape index (κ2) is 5.36. The summed E-state index contributed by atoms with van der Waals surface area (Å²) < 4.78 is 1.86. The van der Waals surface area contributed by atoms with Crippen LogP contribution in [0.5, 0.6) is 0 Å². The van der Waals surface area contributed by atoms with Crippen molar-refractivity contribution >= 4 is 37.5 Å². The Balaban J connectivity index is 2.74. The number of hydrogen-bond donors (Lipinski definition) is 0. The van der Waals surface area contributed by atoms with Crippen molar-refractivity contribution in [3.63, 3.8) is 0 Å². The molecule has 0 fully saturated rings. The molecular weight excluding hydrogens is 346 g/mol. The Hall–Kier alpha value is -1.29. The maximum Gasteiger partial charge on any atom is 0.0465 e. The summed E-state index contributed by atoms with van der Waals surface area (Å²) in [6.07, 6.45) is 0. The van der Waals surface area contributed by atoms with E-state index in [1.54, 1.807) is 6.07 Å². The molecular formula is C12H7Br2N3. The summed E-state index contributed by atoms with van der Waals surface area (Å²) in [5.74, 6) is 0. The van der Waals surface area contributed by atoms with Gasteiger partial charge >= 0.3 is 0 Å². The minimum atomic E-state index is 0.605. The summed E-state index contributed by atoms with van der Waals surface area (Å²) >= 11 is 6.98. The predicted octanol–water partition coefficient (Wildman–Crippen LogP) is 5.82. The van der Waals surface area contributed by atoms with Gasteiger partial charge in [0, 0.05) is 25.1 Å². The maximum absolute atomic E-state index is 8.58. The highest BCUT2D eigenvalue weighted by Crippen LogP contribution is 2.40. The molecule has 0 heterocycles. The van der Waals surface area contributed by atoms with Crippen molar-refractivity contribution in [2.24, 2.45) is 5.11 Å². The van der Waals surface area contributed by atoms with Gasteiger partial charge in [0.2, 0.25) is 0 Å². The number of azide groups is 1. The van der Waals surface area contributed by atoms with Gasteiger partial charge in [-0.25, -0.2) is 0 Å². The highest BCUT2D eigenvalue weighted by atomic mass is 79.9. The van der Waals surface area contributed by atoms with E-state index in [-0.39, 0.29) is 0 Å². The molecule has 0 bridgehead atoms. The minimum Gasteiger partial charge on any atom is -0.0616 e. The first-order valence-electron chi connectivity index (χ1n) is 4.82. The highest BCUT2D eigenvalue weighted by Gasteiger charge is 2.10. The summed E-state index contributed by atoms with van der Waals surface area (Å²) in [6, 6.07) is 13.4. The van der Waals surface area contributed by atoms with Crippen LogP contribution in [0.4, 0.5) is 5.69 Å².